The molecule has 1 aromatic rings. The van der Waals surface area contributed by atoms with Crippen molar-refractivity contribution in [2.45, 2.75) is 6.92 Å². The van der Waals surface area contributed by atoms with Crippen LogP contribution in [-0.2, 0) is 4.79 Å². The fourth-order valence-corrected chi connectivity index (χ4v) is 1.67. The van der Waals surface area contributed by atoms with E-state index in [0.717, 1.165) is 5.69 Å². The van der Waals surface area contributed by atoms with Crippen molar-refractivity contribution in [1.29, 1.82) is 0 Å². The standard InChI is InChI=1S/C14H22N2O4/c1-6-16(2)13(17)9-15-10-7-11(18-3)14(20-5)12(8-10)19-4/h7-8,15H,6,9H2,1-5H3. The molecule has 1 rings (SSSR count). The van der Waals surface area contributed by atoms with Crippen LogP contribution in [0.4, 0.5) is 5.69 Å². The largest absolute Gasteiger partial charge is 0.493 e. The highest BCUT2D eigenvalue weighted by molar-refractivity contribution is 5.81. The molecule has 0 aromatic heterocycles. The molecule has 0 aliphatic heterocycles. The monoisotopic (exact) mass is 282 g/mol. The van der Waals surface area contributed by atoms with Crippen LogP contribution in [0.15, 0.2) is 12.1 Å². The molecule has 0 aliphatic rings. The van der Waals surface area contributed by atoms with E-state index in [9.17, 15) is 4.79 Å². The SMILES string of the molecule is CCN(C)C(=O)CNc1cc(OC)c(OC)c(OC)c1. The third-order valence-electron chi connectivity index (χ3n) is 3.01. The van der Waals surface area contributed by atoms with E-state index in [0.29, 0.717) is 23.8 Å². The fourth-order valence-electron chi connectivity index (χ4n) is 1.67. The first kappa shape index (κ1) is 15.9. The Kier molecular flexibility index (Phi) is 5.96. The van der Waals surface area contributed by atoms with Crippen LogP contribution >= 0.6 is 0 Å². The number of likely N-dealkylation sites (N-methyl/N-ethyl adjacent to an activating group) is 1. The maximum absolute atomic E-state index is 11.8. The van der Waals surface area contributed by atoms with E-state index in [-0.39, 0.29) is 12.5 Å². The van der Waals surface area contributed by atoms with E-state index in [1.165, 1.54) is 0 Å². The van der Waals surface area contributed by atoms with Crippen LogP contribution in [0.25, 0.3) is 0 Å². The van der Waals surface area contributed by atoms with E-state index in [4.69, 9.17) is 14.2 Å². The van der Waals surface area contributed by atoms with Gasteiger partial charge in [0.1, 0.15) is 0 Å². The molecule has 0 saturated carbocycles. The van der Waals surface area contributed by atoms with Crippen LogP contribution < -0.4 is 19.5 Å². The summed E-state index contributed by atoms with van der Waals surface area (Å²) >= 11 is 0. The number of benzene rings is 1. The molecule has 1 N–H and O–H groups in total. The molecule has 0 fully saturated rings. The van der Waals surface area contributed by atoms with Crippen molar-refractivity contribution < 1.29 is 19.0 Å². The van der Waals surface area contributed by atoms with Gasteiger partial charge in [0.05, 0.1) is 27.9 Å². The van der Waals surface area contributed by atoms with Gasteiger partial charge in [-0.15, -0.1) is 0 Å². The number of nitrogens with zero attached hydrogens (tertiary/aromatic N) is 1. The minimum absolute atomic E-state index is 0.0150. The molecule has 112 valence electrons. The van der Waals surface area contributed by atoms with E-state index in [1.54, 1.807) is 45.4 Å². The number of rotatable bonds is 7. The van der Waals surface area contributed by atoms with Crippen LogP contribution in [0.1, 0.15) is 6.92 Å². The molecule has 6 nitrogen and oxygen atoms in total. The van der Waals surface area contributed by atoms with Crippen molar-refractivity contribution in [2.75, 3.05) is 46.8 Å². The van der Waals surface area contributed by atoms with Crippen molar-refractivity contribution in [1.82, 2.24) is 4.90 Å². The van der Waals surface area contributed by atoms with E-state index in [1.807, 2.05) is 6.92 Å². The Morgan fingerprint density at radius 2 is 1.70 bits per heavy atom. The highest BCUT2D eigenvalue weighted by atomic mass is 16.5. The zero-order chi connectivity index (χ0) is 15.1. The minimum atomic E-state index is 0.0150. The second-order valence-corrected chi connectivity index (χ2v) is 4.18. The molecule has 0 heterocycles. The van der Waals surface area contributed by atoms with Gasteiger partial charge in [0, 0.05) is 31.4 Å². The van der Waals surface area contributed by atoms with Crippen molar-refractivity contribution >= 4 is 11.6 Å². The summed E-state index contributed by atoms with van der Waals surface area (Å²) in [7, 11) is 6.42. The number of carbonyl (C=O) groups excluding carboxylic acids is 1. The van der Waals surface area contributed by atoms with Crippen molar-refractivity contribution in [3.05, 3.63) is 12.1 Å². The molecule has 1 amide bonds. The third-order valence-corrected chi connectivity index (χ3v) is 3.01. The lowest BCUT2D eigenvalue weighted by atomic mass is 10.2. The summed E-state index contributed by atoms with van der Waals surface area (Å²) in [6, 6.07) is 3.53. The molecule has 0 atom stereocenters. The van der Waals surface area contributed by atoms with Gasteiger partial charge >= 0.3 is 0 Å². The Morgan fingerprint density at radius 3 is 2.10 bits per heavy atom. The Balaban J connectivity index is 2.88. The lowest BCUT2D eigenvalue weighted by Crippen LogP contribution is -2.31. The molecule has 0 unspecified atom stereocenters. The van der Waals surface area contributed by atoms with Gasteiger partial charge in [-0.3, -0.25) is 4.79 Å². The van der Waals surface area contributed by atoms with E-state index < -0.39 is 0 Å². The van der Waals surface area contributed by atoms with Gasteiger partial charge in [-0.2, -0.15) is 0 Å². The summed E-state index contributed by atoms with van der Waals surface area (Å²) in [6.07, 6.45) is 0. The van der Waals surface area contributed by atoms with Gasteiger partial charge in [-0.1, -0.05) is 0 Å². The number of methoxy groups -OCH3 is 3. The van der Waals surface area contributed by atoms with Crippen molar-refractivity contribution in [3.8, 4) is 17.2 Å². The molecule has 20 heavy (non-hydrogen) atoms. The van der Waals surface area contributed by atoms with E-state index >= 15 is 0 Å². The first-order chi connectivity index (χ1) is 9.57. The molecule has 0 saturated heterocycles. The predicted octanol–water partition coefficient (Wildman–Crippen LogP) is 1.60. The molecular formula is C14H22N2O4. The molecule has 0 aliphatic carbocycles. The number of ether oxygens (including phenoxy) is 3. The van der Waals surface area contributed by atoms with Gasteiger partial charge in [0.15, 0.2) is 11.5 Å². The van der Waals surface area contributed by atoms with Crippen LogP contribution in [0.2, 0.25) is 0 Å². The van der Waals surface area contributed by atoms with E-state index in [2.05, 4.69) is 5.32 Å². The summed E-state index contributed by atoms with van der Waals surface area (Å²) in [5.74, 6) is 1.63. The number of amides is 1. The molecule has 0 radical (unpaired) electrons. The smallest absolute Gasteiger partial charge is 0.241 e. The average Bonchev–Trinajstić information content (AvgIpc) is 2.50. The van der Waals surface area contributed by atoms with Crippen LogP contribution in [0.5, 0.6) is 17.2 Å². The number of hydrogen-bond acceptors (Lipinski definition) is 5. The average molecular weight is 282 g/mol. The van der Waals surface area contributed by atoms with Crippen molar-refractivity contribution in [2.24, 2.45) is 0 Å². The Bertz CT molecular complexity index is 437. The van der Waals surface area contributed by atoms with Crippen molar-refractivity contribution in [3.63, 3.8) is 0 Å². The Hall–Kier alpha value is -2.11. The van der Waals surface area contributed by atoms with Gasteiger partial charge in [-0.05, 0) is 6.92 Å². The summed E-state index contributed by atoms with van der Waals surface area (Å²) in [4.78, 5) is 13.4. The summed E-state index contributed by atoms with van der Waals surface area (Å²) in [5, 5.41) is 3.05. The summed E-state index contributed by atoms with van der Waals surface area (Å²) in [6.45, 7) is 2.82. The first-order valence-electron chi connectivity index (χ1n) is 6.35. The highest BCUT2D eigenvalue weighted by Crippen LogP contribution is 2.39. The molecule has 0 spiro atoms. The number of hydrogen-bond donors (Lipinski definition) is 1. The molecule has 6 heteroatoms. The predicted molar refractivity (Wildman–Crippen MR) is 77.9 cm³/mol. The highest BCUT2D eigenvalue weighted by Gasteiger charge is 2.14. The Morgan fingerprint density at radius 1 is 1.15 bits per heavy atom. The topological polar surface area (TPSA) is 60.0 Å². The number of anilines is 1. The minimum Gasteiger partial charge on any atom is -0.493 e. The fraction of sp³-hybridized carbons (Fsp3) is 0.500. The number of nitrogens with one attached hydrogen (secondary N) is 1. The van der Waals surface area contributed by atoms with Gasteiger partial charge in [0.2, 0.25) is 11.7 Å². The lowest BCUT2D eigenvalue weighted by Gasteiger charge is -2.17. The van der Waals surface area contributed by atoms with Gasteiger partial charge in [0.25, 0.3) is 0 Å². The zero-order valence-corrected chi connectivity index (χ0v) is 12.6. The maximum Gasteiger partial charge on any atom is 0.241 e. The zero-order valence-electron chi connectivity index (χ0n) is 12.6. The van der Waals surface area contributed by atoms with Gasteiger partial charge < -0.3 is 24.4 Å². The normalized spacial score (nSPS) is 9.85. The first-order valence-corrected chi connectivity index (χ1v) is 6.35. The third kappa shape index (κ3) is 3.69. The molecule has 0 bridgehead atoms. The molecule has 1 aromatic carbocycles. The lowest BCUT2D eigenvalue weighted by molar-refractivity contribution is -0.127. The van der Waals surface area contributed by atoms with Gasteiger partial charge in [-0.25, -0.2) is 0 Å². The quantitative estimate of drug-likeness (QED) is 0.823. The maximum atomic E-state index is 11.8. The Labute approximate surface area is 119 Å². The molecular weight excluding hydrogens is 260 g/mol. The summed E-state index contributed by atoms with van der Waals surface area (Å²) < 4.78 is 15.8. The second kappa shape index (κ2) is 7.47. The van der Waals surface area contributed by atoms with Crippen LogP contribution in [0.3, 0.4) is 0 Å². The number of carbonyl (C=O) groups is 1. The summed E-state index contributed by atoms with van der Waals surface area (Å²) in [5.41, 5.74) is 0.734. The van der Waals surface area contributed by atoms with Crippen LogP contribution in [-0.4, -0.2) is 52.3 Å². The van der Waals surface area contributed by atoms with Crippen LogP contribution in [0, 0.1) is 0 Å². The second-order valence-electron chi connectivity index (χ2n) is 4.18.